The summed E-state index contributed by atoms with van der Waals surface area (Å²) in [5.41, 5.74) is 4.52. The minimum absolute atomic E-state index is 1.05. The molecule has 0 fully saturated rings. The first-order chi connectivity index (χ1) is 9.33. The molecule has 92 valence electrons. The Hall–Kier alpha value is -2.41. The summed E-state index contributed by atoms with van der Waals surface area (Å²) in [6, 6.07) is 20.7. The van der Waals surface area contributed by atoms with Gasteiger partial charge in [0.25, 0.3) is 0 Å². The van der Waals surface area contributed by atoms with Crippen LogP contribution in [0.5, 0.6) is 0 Å². The van der Waals surface area contributed by atoms with Gasteiger partial charge < -0.3 is 0 Å². The lowest BCUT2D eigenvalue weighted by Gasteiger charge is -2.03. The molecule has 0 atom stereocenters. The van der Waals surface area contributed by atoms with E-state index in [0.717, 1.165) is 11.2 Å². The summed E-state index contributed by atoms with van der Waals surface area (Å²) in [6.07, 6.45) is 4.30. The fourth-order valence-corrected chi connectivity index (χ4v) is 2.23. The lowest BCUT2D eigenvalue weighted by Crippen LogP contribution is -1.86. The number of fused-ring (bicyclic) bond motifs is 1. The molecule has 3 aromatic rings. The van der Waals surface area contributed by atoms with Crippen LogP contribution in [0.2, 0.25) is 0 Å². The third-order valence-corrected chi connectivity index (χ3v) is 3.13. The molecule has 1 heteroatoms. The fraction of sp³-hybridized carbons (Fsp3) is 0.0556. The lowest BCUT2D eigenvalue weighted by molar-refractivity contribution is 1.25. The molecule has 0 spiro atoms. The number of hydrogen-bond acceptors (Lipinski definition) is 1. The first-order valence-corrected chi connectivity index (χ1v) is 6.42. The normalized spacial score (nSPS) is 11.2. The molecule has 0 radical (unpaired) electrons. The predicted molar refractivity (Wildman–Crippen MR) is 81.9 cm³/mol. The summed E-state index contributed by atoms with van der Waals surface area (Å²) in [4.78, 5) is 4.56. The number of nitrogens with zero attached hydrogens (tertiary/aromatic N) is 1. The lowest BCUT2D eigenvalue weighted by atomic mass is 10.1. The second kappa shape index (κ2) is 5.07. The van der Waals surface area contributed by atoms with Crippen LogP contribution in [0.3, 0.4) is 0 Å². The van der Waals surface area contributed by atoms with Crippen molar-refractivity contribution < 1.29 is 0 Å². The van der Waals surface area contributed by atoms with E-state index in [1.165, 1.54) is 16.5 Å². The van der Waals surface area contributed by atoms with Crippen molar-refractivity contribution in [3.8, 4) is 0 Å². The molecule has 0 saturated heterocycles. The van der Waals surface area contributed by atoms with Crippen LogP contribution in [0.1, 0.15) is 16.8 Å². The number of benzene rings is 2. The van der Waals surface area contributed by atoms with E-state index in [9.17, 15) is 0 Å². The zero-order valence-corrected chi connectivity index (χ0v) is 10.9. The van der Waals surface area contributed by atoms with E-state index in [0.29, 0.717) is 0 Å². The van der Waals surface area contributed by atoms with Gasteiger partial charge in [0.15, 0.2) is 0 Å². The highest BCUT2D eigenvalue weighted by molar-refractivity contribution is 5.90. The van der Waals surface area contributed by atoms with Crippen molar-refractivity contribution in [1.82, 2.24) is 4.98 Å². The molecule has 2 aromatic carbocycles. The molecule has 3 rings (SSSR count). The maximum Gasteiger partial charge on any atom is 0.0711 e. The van der Waals surface area contributed by atoms with Gasteiger partial charge in [-0.05, 0) is 30.2 Å². The van der Waals surface area contributed by atoms with Crippen molar-refractivity contribution in [3.05, 3.63) is 77.5 Å². The topological polar surface area (TPSA) is 12.9 Å². The Balaban J connectivity index is 2.08. The van der Waals surface area contributed by atoms with Gasteiger partial charge in [0, 0.05) is 11.1 Å². The van der Waals surface area contributed by atoms with Crippen molar-refractivity contribution >= 4 is 23.1 Å². The summed E-state index contributed by atoms with van der Waals surface area (Å²) >= 11 is 0. The van der Waals surface area contributed by atoms with E-state index >= 15 is 0 Å². The van der Waals surface area contributed by atoms with Crippen LogP contribution in [0.15, 0.2) is 60.7 Å². The number of hydrogen-bond donors (Lipinski definition) is 0. The molecule has 19 heavy (non-hydrogen) atoms. The molecule has 0 aliphatic heterocycles. The number of rotatable bonds is 2. The van der Waals surface area contributed by atoms with E-state index in [4.69, 9.17) is 0 Å². The number of pyridine rings is 1. The smallest absolute Gasteiger partial charge is 0.0711 e. The third kappa shape index (κ3) is 2.55. The van der Waals surface area contributed by atoms with Crippen molar-refractivity contribution in [2.45, 2.75) is 6.92 Å². The number of aromatic nitrogens is 1. The van der Waals surface area contributed by atoms with E-state index in [1.807, 2.05) is 19.1 Å². The van der Waals surface area contributed by atoms with Crippen LogP contribution >= 0.6 is 0 Å². The molecule has 0 saturated carbocycles. The summed E-state index contributed by atoms with van der Waals surface area (Å²) < 4.78 is 0. The summed E-state index contributed by atoms with van der Waals surface area (Å²) in [5.74, 6) is 0. The fourth-order valence-electron chi connectivity index (χ4n) is 2.23. The molecular formula is C18H15N. The Kier molecular flexibility index (Phi) is 3.11. The van der Waals surface area contributed by atoms with E-state index < -0.39 is 0 Å². The Morgan fingerprint density at radius 2 is 1.58 bits per heavy atom. The molecule has 1 heterocycles. The molecular weight excluding hydrogens is 230 g/mol. The standard InChI is InChI=1S/C18H15N/c1-14-13-16(12-11-15-7-3-2-4-8-15)17-9-5-6-10-18(17)19-14/h2-13H,1H3/b12-11+. The maximum atomic E-state index is 4.56. The van der Waals surface area contributed by atoms with E-state index in [1.54, 1.807) is 0 Å². The van der Waals surface area contributed by atoms with Gasteiger partial charge in [-0.1, -0.05) is 60.7 Å². The Morgan fingerprint density at radius 3 is 2.42 bits per heavy atom. The van der Waals surface area contributed by atoms with E-state index in [2.05, 4.69) is 65.7 Å². The monoisotopic (exact) mass is 245 g/mol. The Morgan fingerprint density at radius 1 is 0.842 bits per heavy atom. The van der Waals surface area contributed by atoms with Crippen molar-refractivity contribution in [2.24, 2.45) is 0 Å². The highest BCUT2D eigenvalue weighted by atomic mass is 14.7. The molecule has 0 amide bonds. The molecule has 0 unspecified atom stereocenters. The Labute approximate surface area is 113 Å². The largest absolute Gasteiger partial charge is 0.253 e. The molecule has 1 nitrogen and oxygen atoms in total. The number of aryl methyl sites for hydroxylation is 1. The molecule has 0 bridgehead atoms. The van der Waals surface area contributed by atoms with Crippen LogP contribution < -0.4 is 0 Å². The summed E-state index contributed by atoms with van der Waals surface area (Å²) in [5, 5.41) is 1.19. The van der Waals surface area contributed by atoms with Gasteiger partial charge in [0.2, 0.25) is 0 Å². The van der Waals surface area contributed by atoms with Crippen LogP contribution in [-0.2, 0) is 0 Å². The maximum absolute atomic E-state index is 4.56. The van der Waals surface area contributed by atoms with Crippen LogP contribution in [0.25, 0.3) is 23.1 Å². The van der Waals surface area contributed by atoms with Gasteiger partial charge in [-0.3, -0.25) is 4.98 Å². The summed E-state index contributed by atoms with van der Waals surface area (Å²) in [7, 11) is 0. The van der Waals surface area contributed by atoms with Gasteiger partial charge in [-0.15, -0.1) is 0 Å². The van der Waals surface area contributed by atoms with Gasteiger partial charge in [-0.25, -0.2) is 0 Å². The second-order valence-electron chi connectivity index (χ2n) is 4.61. The number of para-hydroxylation sites is 1. The first kappa shape index (κ1) is 11.7. The Bertz CT molecular complexity index is 727. The summed E-state index contributed by atoms with van der Waals surface area (Å²) in [6.45, 7) is 2.03. The van der Waals surface area contributed by atoms with E-state index in [-0.39, 0.29) is 0 Å². The van der Waals surface area contributed by atoms with Gasteiger partial charge in [0.05, 0.1) is 5.52 Å². The highest BCUT2D eigenvalue weighted by Crippen LogP contribution is 2.20. The second-order valence-corrected chi connectivity index (χ2v) is 4.61. The third-order valence-electron chi connectivity index (χ3n) is 3.13. The van der Waals surface area contributed by atoms with Crippen LogP contribution in [0.4, 0.5) is 0 Å². The van der Waals surface area contributed by atoms with Crippen molar-refractivity contribution in [1.29, 1.82) is 0 Å². The average molecular weight is 245 g/mol. The van der Waals surface area contributed by atoms with Gasteiger partial charge in [-0.2, -0.15) is 0 Å². The average Bonchev–Trinajstić information content (AvgIpc) is 2.45. The molecule has 1 aromatic heterocycles. The zero-order valence-electron chi connectivity index (χ0n) is 10.9. The predicted octanol–water partition coefficient (Wildman–Crippen LogP) is 4.71. The van der Waals surface area contributed by atoms with Crippen LogP contribution in [0, 0.1) is 6.92 Å². The van der Waals surface area contributed by atoms with Crippen LogP contribution in [-0.4, -0.2) is 4.98 Å². The SMILES string of the molecule is Cc1cc(/C=C/c2ccccc2)c2ccccc2n1. The minimum atomic E-state index is 1.05. The quantitative estimate of drug-likeness (QED) is 0.637. The minimum Gasteiger partial charge on any atom is -0.253 e. The van der Waals surface area contributed by atoms with Gasteiger partial charge in [0.1, 0.15) is 0 Å². The first-order valence-electron chi connectivity index (χ1n) is 6.42. The van der Waals surface area contributed by atoms with Gasteiger partial charge >= 0.3 is 0 Å². The molecule has 0 N–H and O–H groups in total. The molecule has 0 aliphatic carbocycles. The molecule has 0 aliphatic rings. The van der Waals surface area contributed by atoms with Crippen molar-refractivity contribution in [2.75, 3.05) is 0 Å². The highest BCUT2D eigenvalue weighted by Gasteiger charge is 2.00. The van der Waals surface area contributed by atoms with Crippen molar-refractivity contribution in [3.63, 3.8) is 0 Å². The zero-order chi connectivity index (χ0) is 13.1.